The van der Waals surface area contributed by atoms with Gasteiger partial charge in [-0.05, 0) is 26.0 Å². The second-order valence-corrected chi connectivity index (χ2v) is 3.50. The molecule has 0 saturated heterocycles. The van der Waals surface area contributed by atoms with Gasteiger partial charge >= 0.3 is 11.9 Å². The zero-order valence-corrected chi connectivity index (χ0v) is 11.8. The highest BCUT2D eigenvalue weighted by Crippen LogP contribution is 1.88. The van der Waals surface area contributed by atoms with Crippen LogP contribution in [0, 0.1) is 0 Å². The van der Waals surface area contributed by atoms with Crippen molar-refractivity contribution in [1.29, 1.82) is 0 Å². The van der Waals surface area contributed by atoms with Gasteiger partial charge in [0, 0.05) is 12.2 Å². The first-order valence-corrected chi connectivity index (χ1v) is 6.28. The average molecular weight is 276 g/mol. The molecule has 0 aromatic carbocycles. The molecule has 0 aliphatic carbocycles. The second-order valence-electron chi connectivity index (χ2n) is 3.50. The molecule has 4 nitrogen and oxygen atoms in total. The van der Waals surface area contributed by atoms with Crippen LogP contribution >= 0.6 is 0 Å². The summed E-state index contributed by atoms with van der Waals surface area (Å²) < 4.78 is 9.64. The third-order valence-electron chi connectivity index (χ3n) is 1.88. The van der Waals surface area contributed by atoms with Crippen LogP contribution in [0.5, 0.6) is 0 Å². The van der Waals surface area contributed by atoms with Crippen molar-refractivity contribution in [2.45, 2.75) is 13.8 Å². The molecular weight excluding hydrogens is 256 g/mol. The molecule has 0 unspecified atom stereocenters. The minimum Gasteiger partial charge on any atom is -0.458 e. The summed E-state index contributed by atoms with van der Waals surface area (Å²) >= 11 is 0. The van der Waals surface area contributed by atoms with Crippen LogP contribution in [0.25, 0.3) is 0 Å². The SMILES string of the molecule is CC=CC=CCOC(=O)/C=C\C(=O)OCC=CC=CC. The number of esters is 2. The Balaban J connectivity index is 3.85. The van der Waals surface area contributed by atoms with E-state index in [1.54, 1.807) is 24.3 Å². The summed E-state index contributed by atoms with van der Waals surface area (Å²) in [5.41, 5.74) is 0. The molecule has 0 aliphatic heterocycles. The molecule has 0 atom stereocenters. The number of allylic oxidation sites excluding steroid dienone is 6. The van der Waals surface area contributed by atoms with Crippen molar-refractivity contribution < 1.29 is 19.1 Å². The lowest BCUT2D eigenvalue weighted by Gasteiger charge is -1.97. The first-order chi connectivity index (χ1) is 9.70. The molecule has 0 saturated carbocycles. The summed E-state index contributed by atoms with van der Waals surface area (Å²) in [6.45, 7) is 4.10. The van der Waals surface area contributed by atoms with Crippen molar-refractivity contribution in [3.8, 4) is 0 Å². The highest BCUT2D eigenvalue weighted by atomic mass is 16.5. The molecule has 0 aromatic rings. The van der Waals surface area contributed by atoms with E-state index in [0.717, 1.165) is 12.2 Å². The van der Waals surface area contributed by atoms with Gasteiger partial charge in [-0.2, -0.15) is 0 Å². The summed E-state index contributed by atoms with van der Waals surface area (Å²) in [6.07, 6.45) is 16.4. The predicted octanol–water partition coefficient (Wildman–Crippen LogP) is 2.89. The predicted molar refractivity (Wildman–Crippen MR) is 79.0 cm³/mol. The Kier molecular flexibility index (Phi) is 11.5. The number of hydrogen-bond acceptors (Lipinski definition) is 4. The van der Waals surface area contributed by atoms with Crippen molar-refractivity contribution in [1.82, 2.24) is 0 Å². The van der Waals surface area contributed by atoms with Gasteiger partial charge in [0.05, 0.1) is 0 Å². The quantitative estimate of drug-likeness (QED) is 0.388. The van der Waals surface area contributed by atoms with E-state index in [1.165, 1.54) is 0 Å². The fraction of sp³-hybridized carbons (Fsp3) is 0.250. The Labute approximate surface area is 119 Å². The normalized spacial score (nSPS) is 12.3. The maximum Gasteiger partial charge on any atom is 0.331 e. The average Bonchev–Trinajstić information content (AvgIpc) is 2.44. The summed E-state index contributed by atoms with van der Waals surface area (Å²) in [5, 5.41) is 0. The summed E-state index contributed by atoms with van der Waals surface area (Å²) in [5.74, 6) is -1.17. The van der Waals surface area contributed by atoms with E-state index in [9.17, 15) is 9.59 Å². The van der Waals surface area contributed by atoms with Crippen LogP contribution in [0.3, 0.4) is 0 Å². The topological polar surface area (TPSA) is 52.6 Å². The number of rotatable bonds is 8. The smallest absolute Gasteiger partial charge is 0.331 e. The van der Waals surface area contributed by atoms with Gasteiger partial charge in [0.15, 0.2) is 0 Å². The number of carbonyl (C=O) groups excluding carboxylic acids is 2. The fourth-order valence-electron chi connectivity index (χ4n) is 0.983. The van der Waals surface area contributed by atoms with Crippen molar-refractivity contribution in [2.24, 2.45) is 0 Å². The van der Waals surface area contributed by atoms with Crippen LogP contribution < -0.4 is 0 Å². The molecule has 20 heavy (non-hydrogen) atoms. The standard InChI is InChI=1S/C16H20O4/c1-3-5-7-9-13-19-15(17)11-12-16(18)20-14-10-8-6-4-2/h3-12H,13-14H2,1-2H3/b5-3?,6-4?,9-7?,10-8?,12-11-. The van der Waals surface area contributed by atoms with Gasteiger partial charge in [-0.3, -0.25) is 0 Å². The number of ether oxygens (including phenoxy) is 2. The van der Waals surface area contributed by atoms with Crippen LogP contribution in [0.4, 0.5) is 0 Å². The van der Waals surface area contributed by atoms with Gasteiger partial charge in [0.2, 0.25) is 0 Å². The molecule has 0 aliphatic rings. The number of hydrogen-bond donors (Lipinski definition) is 0. The molecule has 4 heteroatoms. The van der Waals surface area contributed by atoms with Gasteiger partial charge in [-0.1, -0.05) is 36.5 Å². The maximum atomic E-state index is 11.2. The first kappa shape index (κ1) is 17.6. The Morgan fingerprint density at radius 3 is 1.50 bits per heavy atom. The first-order valence-electron chi connectivity index (χ1n) is 6.28. The highest BCUT2D eigenvalue weighted by Gasteiger charge is 1.98. The van der Waals surface area contributed by atoms with Crippen molar-refractivity contribution in [2.75, 3.05) is 13.2 Å². The molecule has 0 N–H and O–H groups in total. The minimum absolute atomic E-state index is 0.161. The Hall–Kier alpha value is -2.36. The molecule has 0 fully saturated rings. The highest BCUT2D eigenvalue weighted by molar-refractivity contribution is 5.91. The Bertz CT molecular complexity index is 386. The molecular formula is C16H20O4. The summed E-state index contributed by atoms with van der Waals surface area (Å²) in [4.78, 5) is 22.4. The largest absolute Gasteiger partial charge is 0.458 e. The minimum atomic E-state index is -0.587. The molecule has 0 radical (unpaired) electrons. The third kappa shape index (κ3) is 12.1. The van der Waals surface area contributed by atoms with E-state index < -0.39 is 11.9 Å². The molecule has 0 spiro atoms. The van der Waals surface area contributed by atoms with Crippen LogP contribution in [0.1, 0.15) is 13.8 Å². The van der Waals surface area contributed by atoms with Gasteiger partial charge in [-0.15, -0.1) is 0 Å². The summed E-state index contributed by atoms with van der Waals surface area (Å²) in [7, 11) is 0. The Morgan fingerprint density at radius 1 is 0.750 bits per heavy atom. The molecule has 0 heterocycles. The van der Waals surface area contributed by atoms with Crippen LogP contribution in [-0.2, 0) is 19.1 Å². The van der Waals surface area contributed by atoms with Crippen molar-refractivity contribution >= 4 is 11.9 Å². The van der Waals surface area contributed by atoms with E-state index in [4.69, 9.17) is 9.47 Å². The zero-order chi connectivity index (χ0) is 15.1. The maximum absolute atomic E-state index is 11.2. The van der Waals surface area contributed by atoms with E-state index in [0.29, 0.717) is 0 Å². The number of carbonyl (C=O) groups is 2. The second kappa shape index (κ2) is 13.1. The van der Waals surface area contributed by atoms with E-state index in [1.807, 2.05) is 38.2 Å². The van der Waals surface area contributed by atoms with Gasteiger partial charge < -0.3 is 9.47 Å². The van der Waals surface area contributed by atoms with Crippen molar-refractivity contribution in [3.63, 3.8) is 0 Å². The van der Waals surface area contributed by atoms with Gasteiger partial charge in [0.25, 0.3) is 0 Å². The fourth-order valence-corrected chi connectivity index (χ4v) is 0.983. The molecule has 108 valence electrons. The Morgan fingerprint density at radius 2 is 1.15 bits per heavy atom. The van der Waals surface area contributed by atoms with E-state index >= 15 is 0 Å². The lowest BCUT2D eigenvalue weighted by molar-refractivity contribution is -0.139. The monoisotopic (exact) mass is 276 g/mol. The lowest BCUT2D eigenvalue weighted by atomic mass is 10.4. The van der Waals surface area contributed by atoms with Gasteiger partial charge in [-0.25, -0.2) is 9.59 Å². The zero-order valence-electron chi connectivity index (χ0n) is 11.8. The van der Waals surface area contributed by atoms with Crippen LogP contribution in [0.15, 0.2) is 60.8 Å². The third-order valence-corrected chi connectivity index (χ3v) is 1.88. The molecule has 0 bridgehead atoms. The lowest BCUT2D eigenvalue weighted by Crippen LogP contribution is -2.04. The van der Waals surface area contributed by atoms with Crippen molar-refractivity contribution in [3.05, 3.63) is 60.8 Å². The summed E-state index contributed by atoms with van der Waals surface area (Å²) in [6, 6.07) is 0. The van der Waals surface area contributed by atoms with Crippen LogP contribution in [-0.4, -0.2) is 25.2 Å². The molecule has 0 amide bonds. The van der Waals surface area contributed by atoms with E-state index in [-0.39, 0.29) is 13.2 Å². The van der Waals surface area contributed by atoms with Crippen LogP contribution in [0.2, 0.25) is 0 Å². The van der Waals surface area contributed by atoms with E-state index in [2.05, 4.69) is 0 Å². The van der Waals surface area contributed by atoms with Gasteiger partial charge in [0.1, 0.15) is 13.2 Å². The molecule has 0 rings (SSSR count). The molecule has 0 aromatic heterocycles.